The van der Waals surface area contributed by atoms with Gasteiger partial charge in [0.25, 0.3) is 5.91 Å². The maximum absolute atomic E-state index is 12.9. The van der Waals surface area contributed by atoms with Crippen LogP contribution in [0.25, 0.3) is 0 Å². The van der Waals surface area contributed by atoms with Gasteiger partial charge in [0.2, 0.25) is 5.91 Å². The zero-order valence-electron chi connectivity index (χ0n) is 15.6. The van der Waals surface area contributed by atoms with Crippen molar-refractivity contribution in [2.75, 3.05) is 18.5 Å². The van der Waals surface area contributed by atoms with Crippen molar-refractivity contribution >= 4 is 29.3 Å². The van der Waals surface area contributed by atoms with Gasteiger partial charge in [-0.2, -0.15) is 0 Å². The Balaban J connectivity index is 1.56. The zero-order chi connectivity index (χ0) is 20.1. The predicted octanol–water partition coefficient (Wildman–Crippen LogP) is 1.86. The summed E-state index contributed by atoms with van der Waals surface area (Å²) in [5.74, 6) is -0.856. The lowest BCUT2D eigenvalue weighted by Crippen LogP contribution is -2.41. The molecule has 1 N–H and O–H groups in total. The third kappa shape index (κ3) is 2.67. The third-order valence-electron chi connectivity index (χ3n) is 5.41. The van der Waals surface area contributed by atoms with Crippen molar-refractivity contribution in [2.24, 2.45) is 0 Å². The second-order valence-electron chi connectivity index (χ2n) is 7.21. The molecule has 7 heteroatoms. The Morgan fingerprint density at radius 2 is 1.82 bits per heavy atom. The number of nitrogens with one attached hydrogen (secondary N) is 1. The van der Waals surface area contributed by atoms with Gasteiger partial charge < -0.3 is 10.2 Å². The summed E-state index contributed by atoms with van der Waals surface area (Å²) in [7, 11) is 1.69. The van der Waals surface area contributed by atoms with Crippen LogP contribution < -0.4 is 10.2 Å². The Labute approximate surface area is 161 Å². The normalized spacial score (nSPS) is 21.1. The van der Waals surface area contributed by atoms with Crippen LogP contribution in [0.1, 0.15) is 28.4 Å². The Hall–Kier alpha value is -3.48. The number of urea groups is 1. The van der Waals surface area contributed by atoms with Crippen LogP contribution in [-0.2, 0) is 21.5 Å². The average Bonchev–Trinajstić information content (AvgIpc) is 3.10. The van der Waals surface area contributed by atoms with E-state index in [9.17, 15) is 19.2 Å². The van der Waals surface area contributed by atoms with E-state index in [1.165, 1.54) is 0 Å². The summed E-state index contributed by atoms with van der Waals surface area (Å²) in [4.78, 5) is 52.4. The monoisotopic (exact) mass is 377 g/mol. The number of anilines is 1. The molecule has 1 saturated heterocycles. The minimum absolute atomic E-state index is 0.0349. The number of carbonyl (C=O) groups excluding carboxylic acids is 4. The van der Waals surface area contributed by atoms with Gasteiger partial charge in [0.1, 0.15) is 5.54 Å². The van der Waals surface area contributed by atoms with Gasteiger partial charge in [0, 0.05) is 18.3 Å². The minimum atomic E-state index is -1.20. The quantitative estimate of drug-likeness (QED) is 0.651. The summed E-state index contributed by atoms with van der Waals surface area (Å²) >= 11 is 0. The fourth-order valence-corrected chi connectivity index (χ4v) is 3.69. The van der Waals surface area contributed by atoms with Gasteiger partial charge >= 0.3 is 6.03 Å². The van der Waals surface area contributed by atoms with E-state index in [-0.39, 0.29) is 24.7 Å². The average molecular weight is 377 g/mol. The summed E-state index contributed by atoms with van der Waals surface area (Å²) in [5.41, 5.74) is 1.36. The van der Waals surface area contributed by atoms with E-state index < -0.39 is 17.5 Å². The molecule has 0 saturated carbocycles. The smallest absolute Gasteiger partial charge is 0.319 e. The number of carbonyl (C=O) groups is 4. The molecule has 0 bridgehead atoms. The number of Topliss-reactive ketones (excluding diaryl/α,β-unsaturated/α-hetero) is 1. The highest BCUT2D eigenvalue weighted by Crippen LogP contribution is 2.30. The first-order chi connectivity index (χ1) is 13.3. The number of likely N-dealkylation sites (N-methyl/N-ethyl adjacent to an activating group) is 1. The maximum Gasteiger partial charge on any atom is 0.325 e. The van der Waals surface area contributed by atoms with Gasteiger partial charge in [-0.15, -0.1) is 0 Å². The summed E-state index contributed by atoms with van der Waals surface area (Å²) in [6.07, 6.45) is 0.238. The van der Waals surface area contributed by atoms with Crippen molar-refractivity contribution in [1.82, 2.24) is 10.2 Å². The van der Waals surface area contributed by atoms with Gasteiger partial charge in [-0.3, -0.25) is 19.3 Å². The molecule has 0 aromatic heterocycles. The van der Waals surface area contributed by atoms with Gasteiger partial charge in [-0.25, -0.2) is 4.79 Å². The zero-order valence-corrected chi connectivity index (χ0v) is 15.6. The number of rotatable bonds is 4. The summed E-state index contributed by atoms with van der Waals surface area (Å²) in [6, 6.07) is 13.3. The van der Waals surface area contributed by atoms with E-state index in [4.69, 9.17) is 0 Å². The lowest BCUT2D eigenvalue weighted by molar-refractivity contribution is -0.130. The largest absolute Gasteiger partial charge is 0.325 e. The molecule has 0 radical (unpaired) electrons. The Morgan fingerprint density at radius 3 is 2.54 bits per heavy atom. The number of imide groups is 1. The predicted molar refractivity (Wildman–Crippen MR) is 102 cm³/mol. The van der Waals surface area contributed by atoms with Gasteiger partial charge in [0.15, 0.2) is 5.78 Å². The molecule has 2 heterocycles. The highest BCUT2D eigenvalue weighted by atomic mass is 16.2. The van der Waals surface area contributed by atoms with Crippen LogP contribution in [0.4, 0.5) is 10.5 Å². The lowest BCUT2D eigenvalue weighted by atomic mass is 9.92. The van der Waals surface area contributed by atoms with Crippen LogP contribution in [0.2, 0.25) is 0 Å². The standard InChI is InChI=1S/C21H19N3O4/c1-21(15-6-4-3-5-7-15)19(27)24(20(28)22-21)12-17(25)13-8-9-16-14(10-13)11-18(26)23(16)2/h3-10H,11-12H2,1-2H3,(H,22,28)/t21-/m1/s1. The molecule has 4 amide bonds. The van der Waals surface area contributed by atoms with E-state index >= 15 is 0 Å². The molecular weight excluding hydrogens is 358 g/mol. The molecule has 0 aliphatic carbocycles. The first-order valence-electron chi connectivity index (χ1n) is 8.93. The molecule has 2 aliphatic heterocycles. The SMILES string of the molecule is CN1C(=O)Cc2cc(C(=O)CN3C(=O)N[C@](C)(c4ccccc4)C3=O)ccc21. The molecule has 2 aliphatic rings. The third-order valence-corrected chi connectivity index (χ3v) is 5.41. The van der Waals surface area contributed by atoms with Crippen LogP contribution in [0.5, 0.6) is 0 Å². The molecule has 1 fully saturated rings. The Kier molecular flexibility index (Phi) is 4.03. The highest BCUT2D eigenvalue weighted by molar-refractivity contribution is 6.11. The second-order valence-corrected chi connectivity index (χ2v) is 7.21. The van der Waals surface area contributed by atoms with Crippen LogP contribution in [0.15, 0.2) is 48.5 Å². The second kappa shape index (κ2) is 6.30. The minimum Gasteiger partial charge on any atom is -0.319 e. The first-order valence-corrected chi connectivity index (χ1v) is 8.93. The van der Waals surface area contributed by atoms with Crippen LogP contribution in [0, 0.1) is 0 Å². The van der Waals surface area contributed by atoms with E-state index in [1.54, 1.807) is 61.3 Å². The fourth-order valence-electron chi connectivity index (χ4n) is 3.69. The van der Waals surface area contributed by atoms with Crippen molar-refractivity contribution < 1.29 is 19.2 Å². The first kappa shape index (κ1) is 17.9. The fraction of sp³-hybridized carbons (Fsp3) is 0.238. The van der Waals surface area contributed by atoms with E-state index in [2.05, 4.69) is 5.32 Å². The van der Waals surface area contributed by atoms with Gasteiger partial charge in [-0.05, 0) is 36.2 Å². The molecule has 2 aromatic carbocycles. The number of hydrogen-bond donors (Lipinski definition) is 1. The summed E-state index contributed by atoms with van der Waals surface area (Å²) in [5, 5.41) is 2.69. The molecule has 28 heavy (non-hydrogen) atoms. The topological polar surface area (TPSA) is 86.8 Å². The Bertz CT molecular complexity index is 1020. The molecule has 0 spiro atoms. The molecule has 1 atom stereocenters. The summed E-state index contributed by atoms with van der Waals surface area (Å²) in [6.45, 7) is 1.28. The van der Waals surface area contributed by atoms with Crippen LogP contribution >= 0.6 is 0 Å². The molecule has 2 aromatic rings. The number of amides is 4. The van der Waals surface area contributed by atoms with Crippen molar-refractivity contribution in [3.8, 4) is 0 Å². The molecule has 7 nitrogen and oxygen atoms in total. The molecular formula is C21H19N3O4. The maximum atomic E-state index is 12.9. The van der Waals surface area contributed by atoms with E-state index in [1.807, 2.05) is 6.07 Å². The van der Waals surface area contributed by atoms with E-state index in [0.29, 0.717) is 11.1 Å². The molecule has 0 unspecified atom stereocenters. The van der Waals surface area contributed by atoms with Crippen LogP contribution in [-0.4, -0.2) is 42.1 Å². The number of fused-ring (bicyclic) bond motifs is 1. The molecule has 142 valence electrons. The van der Waals surface area contributed by atoms with Crippen molar-refractivity contribution in [1.29, 1.82) is 0 Å². The number of nitrogens with zero attached hydrogens (tertiary/aromatic N) is 2. The van der Waals surface area contributed by atoms with Crippen molar-refractivity contribution in [3.05, 3.63) is 65.2 Å². The van der Waals surface area contributed by atoms with E-state index in [0.717, 1.165) is 16.2 Å². The number of ketones is 1. The highest BCUT2D eigenvalue weighted by Gasteiger charge is 2.49. The Morgan fingerprint density at radius 1 is 1.11 bits per heavy atom. The molecule has 4 rings (SSSR count). The van der Waals surface area contributed by atoms with Crippen LogP contribution in [0.3, 0.4) is 0 Å². The number of benzene rings is 2. The van der Waals surface area contributed by atoms with Crippen molar-refractivity contribution in [2.45, 2.75) is 18.9 Å². The summed E-state index contributed by atoms with van der Waals surface area (Å²) < 4.78 is 0. The van der Waals surface area contributed by atoms with Gasteiger partial charge in [-0.1, -0.05) is 30.3 Å². The lowest BCUT2D eigenvalue weighted by Gasteiger charge is -2.22. The van der Waals surface area contributed by atoms with Crippen molar-refractivity contribution in [3.63, 3.8) is 0 Å². The number of hydrogen-bond acceptors (Lipinski definition) is 4. The van der Waals surface area contributed by atoms with Gasteiger partial charge in [0.05, 0.1) is 13.0 Å².